The first kappa shape index (κ1) is 15.2. The van der Waals surface area contributed by atoms with E-state index in [1.807, 2.05) is 0 Å². The van der Waals surface area contributed by atoms with Gasteiger partial charge in [-0.05, 0) is 18.8 Å². The van der Waals surface area contributed by atoms with Crippen molar-refractivity contribution in [3.63, 3.8) is 0 Å². The van der Waals surface area contributed by atoms with E-state index < -0.39 is 0 Å². The van der Waals surface area contributed by atoms with Crippen LogP contribution in [0.5, 0.6) is 0 Å². The fourth-order valence-electron chi connectivity index (χ4n) is 2.25. The van der Waals surface area contributed by atoms with Gasteiger partial charge >= 0.3 is 0 Å². The van der Waals surface area contributed by atoms with Gasteiger partial charge in [0.2, 0.25) is 5.91 Å². The third-order valence-electron chi connectivity index (χ3n) is 3.54. The summed E-state index contributed by atoms with van der Waals surface area (Å²) < 4.78 is 0. The number of thiazole rings is 1. The molecule has 1 aliphatic carbocycles. The number of amides is 1. The van der Waals surface area contributed by atoms with Crippen molar-refractivity contribution in [1.82, 2.24) is 10.3 Å². The fraction of sp³-hybridized carbons (Fsp3) is 0.625. The lowest BCUT2D eigenvalue weighted by atomic mass is 9.93. The molecule has 4 heteroatoms. The molecule has 1 aromatic rings. The van der Waals surface area contributed by atoms with Crippen LogP contribution in [0.15, 0.2) is 17.5 Å². The van der Waals surface area contributed by atoms with Gasteiger partial charge in [0.15, 0.2) is 0 Å². The second-order valence-corrected chi connectivity index (χ2v) is 7.39. The van der Waals surface area contributed by atoms with E-state index in [1.165, 1.54) is 0 Å². The molecule has 0 radical (unpaired) electrons. The normalized spacial score (nSPS) is 18.4. The molecule has 0 saturated heterocycles. The Morgan fingerprint density at radius 2 is 2.30 bits per heavy atom. The summed E-state index contributed by atoms with van der Waals surface area (Å²) in [5.74, 6) is 0.608. The lowest BCUT2D eigenvalue weighted by Gasteiger charge is -2.14. The Morgan fingerprint density at radius 3 is 2.90 bits per heavy atom. The van der Waals surface area contributed by atoms with E-state index in [0.29, 0.717) is 18.9 Å². The number of rotatable bonds is 5. The van der Waals surface area contributed by atoms with Crippen molar-refractivity contribution in [3.8, 4) is 0 Å². The lowest BCUT2D eigenvalue weighted by Crippen LogP contribution is -2.27. The zero-order chi connectivity index (χ0) is 14.6. The van der Waals surface area contributed by atoms with Crippen LogP contribution in [0.3, 0.4) is 0 Å². The quantitative estimate of drug-likeness (QED) is 0.845. The smallest absolute Gasteiger partial charge is 0.220 e. The van der Waals surface area contributed by atoms with Gasteiger partial charge in [-0.2, -0.15) is 0 Å². The summed E-state index contributed by atoms with van der Waals surface area (Å²) in [6.07, 6.45) is 8.02. The first-order valence-corrected chi connectivity index (χ1v) is 8.21. The summed E-state index contributed by atoms with van der Waals surface area (Å²) in [5, 5.41) is 6.23. The molecule has 1 atom stereocenters. The van der Waals surface area contributed by atoms with Crippen molar-refractivity contribution in [1.29, 1.82) is 0 Å². The van der Waals surface area contributed by atoms with Gasteiger partial charge < -0.3 is 5.32 Å². The zero-order valence-corrected chi connectivity index (χ0v) is 13.4. The van der Waals surface area contributed by atoms with Gasteiger partial charge in [-0.1, -0.05) is 32.9 Å². The molecule has 0 spiro atoms. The summed E-state index contributed by atoms with van der Waals surface area (Å²) in [6.45, 7) is 7.19. The van der Waals surface area contributed by atoms with Gasteiger partial charge in [-0.25, -0.2) is 4.98 Å². The number of aromatic nitrogens is 1. The summed E-state index contributed by atoms with van der Waals surface area (Å²) in [7, 11) is 0. The van der Waals surface area contributed by atoms with Crippen LogP contribution in [0, 0.1) is 5.92 Å². The highest BCUT2D eigenvalue weighted by Crippen LogP contribution is 2.24. The first-order valence-electron chi connectivity index (χ1n) is 7.33. The molecule has 20 heavy (non-hydrogen) atoms. The minimum absolute atomic E-state index is 0.104. The number of hydrogen-bond acceptors (Lipinski definition) is 3. The maximum absolute atomic E-state index is 11.8. The highest BCUT2D eigenvalue weighted by molar-refractivity contribution is 7.09. The molecule has 1 amide bonds. The van der Waals surface area contributed by atoms with Crippen molar-refractivity contribution in [2.45, 2.75) is 51.9 Å². The van der Waals surface area contributed by atoms with Crippen LogP contribution in [-0.2, 0) is 16.6 Å². The van der Waals surface area contributed by atoms with Crippen molar-refractivity contribution in [3.05, 3.63) is 28.2 Å². The van der Waals surface area contributed by atoms with Crippen LogP contribution in [-0.4, -0.2) is 17.4 Å². The minimum atomic E-state index is 0.104. The van der Waals surface area contributed by atoms with Gasteiger partial charge in [-0.15, -0.1) is 11.3 Å². The van der Waals surface area contributed by atoms with E-state index in [1.54, 1.807) is 11.3 Å². The van der Waals surface area contributed by atoms with Crippen LogP contribution in [0.25, 0.3) is 0 Å². The Labute approximate surface area is 125 Å². The number of carbonyl (C=O) groups excluding carboxylic acids is 1. The van der Waals surface area contributed by atoms with E-state index in [4.69, 9.17) is 0 Å². The Kier molecular flexibility index (Phi) is 4.97. The van der Waals surface area contributed by atoms with Gasteiger partial charge in [0, 0.05) is 30.2 Å². The molecule has 3 nitrogen and oxygen atoms in total. The topological polar surface area (TPSA) is 42.0 Å². The monoisotopic (exact) mass is 292 g/mol. The molecule has 0 fully saturated rings. The van der Waals surface area contributed by atoms with Crippen molar-refractivity contribution in [2.75, 3.05) is 6.54 Å². The summed E-state index contributed by atoms with van der Waals surface area (Å²) in [6, 6.07) is 0. The molecule has 0 unspecified atom stereocenters. The standard InChI is InChI=1S/C16H24N2OS/c1-16(2,3)13-11-20-15(18-13)8-9-17-14(19)10-12-6-4-5-7-12/h4,6,11-12H,5,7-10H2,1-3H3,(H,17,19)/t12-/m1/s1. The van der Waals surface area contributed by atoms with E-state index in [0.717, 1.165) is 30.0 Å². The first-order chi connectivity index (χ1) is 9.45. The zero-order valence-electron chi connectivity index (χ0n) is 12.6. The predicted molar refractivity (Wildman–Crippen MR) is 84.0 cm³/mol. The fourth-order valence-corrected chi connectivity index (χ4v) is 3.28. The molecule has 0 saturated carbocycles. The summed E-state index contributed by atoms with van der Waals surface area (Å²) in [4.78, 5) is 16.4. The Hall–Kier alpha value is -1.16. The van der Waals surface area contributed by atoms with E-state index in [-0.39, 0.29) is 11.3 Å². The SMILES string of the molecule is CC(C)(C)c1csc(CCNC(=O)C[C@@H]2C=CCC2)n1. The van der Waals surface area contributed by atoms with E-state index in [9.17, 15) is 4.79 Å². The van der Waals surface area contributed by atoms with Crippen molar-refractivity contribution >= 4 is 17.2 Å². The summed E-state index contributed by atoms with van der Waals surface area (Å²) >= 11 is 1.69. The average Bonchev–Trinajstić information content (AvgIpc) is 2.98. The largest absolute Gasteiger partial charge is 0.356 e. The van der Waals surface area contributed by atoms with Crippen LogP contribution >= 0.6 is 11.3 Å². The molecule has 0 aromatic carbocycles. The minimum Gasteiger partial charge on any atom is -0.356 e. The molecular formula is C16H24N2OS. The second-order valence-electron chi connectivity index (χ2n) is 6.45. The average molecular weight is 292 g/mol. The van der Waals surface area contributed by atoms with Gasteiger partial charge in [0.25, 0.3) is 0 Å². The number of nitrogens with one attached hydrogen (secondary N) is 1. The summed E-state index contributed by atoms with van der Waals surface area (Å²) in [5.41, 5.74) is 1.24. The van der Waals surface area contributed by atoms with Crippen LogP contribution in [0.2, 0.25) is 0 Å². The number of nitrogens with zero attached hydrogens (tertiary/aromatic N) is 1. The molecule has 1 heterocycles. The molecule has 0 aliphatic heterocycles. The molecule has 110 valence electrons. The van der Waals surface area contributed by atoms with Crippen molar-refractivity contribution < 1.29 is 4.79 Å². The molecular weight excluding hydrogens is 268 g/mol. The molecule has 1 aromatic heterocycles. The second kappa shape index (κ2) is 6.53. The Balaban J connectivity index is 1.71. The molecule has 1 N–H and O–H groups in total. The molecule has 0 bridgehead atoms. The predicted octanol–water partition coefficient (Wildman–Crippen LogP) is 3.46. The maximum Gasteiger partial charge on any atom is 0.220 e. The van der Waals surface area contributed by atoms with E-state index >= 15 is 0 Å². The number of allylic oxidation sites excluding steroid dienone is 2. The van der Waals surface area contributed by atoms with Gasteiger partial charge in [0.05, 0.1) is 10.7 Å². The third-order valence-corrected chi connectivity index (χ3v) is 4.45. The number of carbonyl (C=O) groups is 1. The Bertz CT molecular complexity index is 485. The van der Waals surface area contributed by atoms with Crippen LogP contribution < -0.4 is 5.32 Å². The van der Waals surface area contributed by atoms with Gasteiger partial charge in [-0.3, -0.25) is 4.79 Å². The maximum atomic E-state index is 11.8. The number of hydrogen-bond donors (Lipinski definition) is 1. The third kappa shape index (κ3) is 4.44. The van der Waals surface area contributed by atoms with Crippen molar-refractivity contribution in [2.24, 2.45) is 5.92 Å². The van der Waals surface area contributed by atoms with E-state index in [2.05, 4.69) is 48.6 Å². The molecule has 1 aliphatic rings. The Morgan fingerprint density at radius 1 is 1.50 bits per heavy atom. The molecule has 2 rings (SSSR count). The highest BCUT2D eigenvalue weighted by atomic mass is 32.1. The highest BCUT2D eigenvalue weighted by Gasteiger charge is 2.17. The van der Waals surface area contributed by atoms with Crippen LogP contribution in [0.1, 0.15) is 50.7 Å². The van der Waals surface area contributed by atoms with Crippen LogP contribution in [0.4, 0.5) is 0 Å². The lowest BCUT2D eigenvalue weighted by molar-refractivity contribution is -0.121. The van der Waals surface area contributed by atoms with Gasteiger partial charge in [0.1, 0.15) is 0 Å².